The maximum absolute atomic E-state index is 12.0. The van der Waals surface area contributed by atoms with Crippen LogP contribution < -0.4 is 0 Å². The van der Waals surface area contributed by atoms with E-state index < -0.39 is 17.2 Å². The van der Waals surface area contributed by atoms with Crippen LogP contribution in [0.2, 0.25) is 0 Å². The van der Waals surface area contributed by atoms with Crippen molar-refractivity contribution in [3.63, 3.8) is 0 Å². The normalized spacial score (nSPS) is 14.7. The van der Waals surface area contributed by atoms with Gasteiger partial charge < -0.3 is 9.53 Å². The van der Waals surface area contributed by atoms with Gasteiger partial charge in [-0.05, 0) is 39.1 Å². The van der Waals surface area contributed by atoms with E-state index in [4.69, 9.17) is 4.74 Å². The van der Waals surface area contributed by atoms with E-state index in [0.29, 0.717) is 0 Å². The van der Waals surface area contributed by atoms with Crippen LogP contribution in [0.5, 0.6) is 0 Å². The van der Waals surface area contributed by atoms with Crippen molar-refractivity contribution in [2.75, 3.05) is 7.05 Å². The third-order valence-corrected chi connectivity index (χ3v) is 3.71. The molecule has 0 saturated carbocycles. The van der Waals surface area contributed by atoms with Gasteiger partial charge in [-0.1, -0.05) is 6.07 Å². The summed E-state index contributed by atoms with van der Waals surface area (Å²) < 4.78 is 5.28. The van der Waals surface area contributed by atoms with Crippen molar-refractivity contribution in [3.05, 3.63) is 22.4 Å². The zero-order chi connectivity index (χ0) is 14.0. The fourth-order valence-corrected chi connectivity index (χ4v) is 2.27. The fourth-order valence-electron chi connectivity index (χ4n) is 1.39. The summed E-state index contributed by atoms with van der Waals surface area (Å²) in [6.45, 7) is 7.09. The van der Waals surface area contributed by atoms with E-state index >= 15 is 0 Å². The molecule has 1 heterocycles. The van der Waals surface area contributed by atoms with Gasteiger partial charge in [-0.2, -0.15) is 0 Å². The number of aldehydes is 1. The average Bonchev–Trinajstić information content (AvgIpc) is 2.78. The number of hydrogen-bond acceptors (Lipinski definition) is 4. The third-order valence-electron chi connectivity index (χ3n) is 2.61. The largest absolute Gasteiger partial charge is 0.444 e. The van der Waals surface area contributed by atoms with Crippen LogP contribution in [-0.2, 0) is 15.1 Å². The molecule has 4 nitrogen and oxygen atoms in total. The Balaban J connectivity index is 2.96. The summed E-state index contributed by atoms with van der Waals surface area (Å²) in [5, 5.41) is 1.88. The molecule has 0 fully saturated rings. The molecule has 1 aromatic rings. The van der Waals surface area contributed by atoms with Crippen LogP contribution in [0.3, 0.4) is 0 Å². The van der Waals surface area contributed by atoms with E-state index in [-0.39, 0.29) is 0 Å². The van der Waals surface area contributed by atoms with E-state index in [0.717, 1.165) is 11.2 Å². The molecule has 1 amide bonds. The van der Waals surface area contributed by atoms with Crippen molar-refractivity contribution < 1.29 is 14.3 Å². The second-order valence-electron chi connectivity index (χ2n) is 5.28. The number of rotatable bonds is 3. The number of ether oxygens (including phenoxy) is 1. The highest BCUT2D eigenvalue weighted by molar-refractivity contribution is 7.10. The van der Waals surface area contributed by atoms with E-state index in [2.05, 4.69) is 0 Å². The molecule has 0 aliphatic carbocycles. The monoisotopic (exact) mass is 269 g/mol. The highest BCUT2D eigenvalue weighted by Gasteiger charge is 2.37. The van der Waals surface area contributed by atoms with E-state index in [1.54, 1.807) is 34.7 Å². The van der Waals surface area contributed by atoms with Crippen LogP contribution in [0.1, 0.15) is 32.6 Å². The van der Waals surface area contributed by atoms with Crippen molar-refractivity contribution in [1.29, 1.82) is 0 Å². The summed E-state index contributed by atoms with van der Waals surface area (Å²) in [6, 6.07) is 3.69. The van der Waals surface area contributed by atoms with Crippen molar-refractivity contribution >= 4 is 23.7 Å². The third kappa shape index (κ3) is 3.10. The minimum absolute atomic E-state index is 0.509. The Morgan fingerprint density at radius 2 is 2.00 bits per heavy atom. The smallest absolute Gasteiger partial charge is 0.411 e. The van der Waals surface area contributed by atoms with E-state index in [9.17, 15) is 9.59 Å². The number of hydrogen-bond donors (Lipinski definition) is 0. The van der Waals surface area contributed by atoms with Gasteiger partial charge in [-0.3, -0.25) is 4.90 Å². The standard InChI is InChI=1S/C13H19NO3S/c1-12(2,3)17-11(16)14(5)13(4,9-15)10-7-6-8-18-10/h6-9H,1-5H3. The molecule has 0 N–H and O–H groups in total. The van der Waals surface area contributed by atoms with Crippen LogP contribution in [0.15, 0.2) is 17.5 Å². The number of nitrogens with zero attached hydrogens (tertiary/aromatic N) is 1. The van der Waals surface area contributed by atoms with Crippen molar-refractivity contribution in [2.45, 2.75) is 38.8 Å². The van der Waals surface area contributed by atoms with Crippen LogP contribution in [0, 0.1) is 0 Å². The summed E-state index contributed by atoms with van der Waals surface area (Å²) >= 11 is 1.44. The molecule has 0 aromatic carbocycles. The molecule has 0 aliphatic rings. The molecule has 18 heavy (non-hydrogen) atoms. The predicted molar refractivity (Wildman–Crippen MR) is 71.7 cm³/mol. The van der Waals surface area contributed by atoms with E-state index in [1.165, 1.54) is 16.2 Å². The predicted octanol–water partition coefficient (Wildman–Crippen LogP) is 3.03. The summed E-state index contributed by atoms with van der Waals surface area (Å²) in [6.07, 6.45) is 0.258. The fraction of sp³-hybridized carbons (Fsp3) is 0.538. The van der Waals surface area contributed by atoms with Crippen LogP contribution >= 0.6 is 11.3 Å². The maximum atomic E-state index is 12.0. The Kier molecular flexibility index (Phi) is 4.16. The molecule has 0 saturated heterocycles. The van der Waals surface area contributed by atoms with Crippen LogP contribution in [-0.4, -0.2) is 29.9 Å². The molecule has 100 valence electrons. The number of carbonyl (C=O) groups excluding carboxylic acids is 2. The van der Waals surface area contributed by atoms with Crippen molar-refractivity contribution in [3.8, 4) is 0 Å². The lowest BCUT2D eigenvalue weighted by Gasteiger charge is -2.34. The van der Waals surface area contributed by atoms with Crippen molar-refractivity contribution in [1.82, 2.24) is 4.90 Å². The van der Waals surface area contributed by atoms with E-state index in [1.807, 2.05) is 17.5 Å². The number of amides is 1. The van der Waals surface area contributed by atoms with Gasteiger partial charge in [-0.25, -0.2) is 4.79 Å². The Hall–Kier alpha value is -1.36. The first-order valence-electron chi connectivity index (χ1n) is 5.68. The summed E-state index contributed by atoms with van der Waals surface area (Å²) in [5.41, 5.74) is -1.57. The molecule has 1 unspecified atom stereocenters. The topological polar surface area (TPSA) is 46.6 Å². The lowest BCUT2D eigenvalue weighted by Crippen LogP contribution is -2.47. The Labute approximate surface area is 112 Å². The van der Waals surface area contributed by atoms with Gasteiger partial charge in [0.25, 0.3) is 0 Å². The van der Waals surface area contributed by atoms with Gasteiger partial charge in [0.05, 0.1) is 0 Å². The van der Waals surface area contributed by atoms with Gasteiger partial charge in [0.15, 0.2) is 6.29 Å². The quantitative estimate of drug-likeness (QED) is 0.792. The van der Waals surface area contributed by atoms with Gasteiger partial charge in [0.1, 0.15) is 11.1 Å². The first-order chi connectivity index (χ1) is 8.20. The second kappa shape index (κ2) is 5.10. The zero-order valence-corrected chi connectivity index (χ0v) is 12.2. The molecular weight excluding hydrogens is 250 g/mol. The Morgan fingerprint density at radius 1 is 1.39 bits per heavy atom. The minimum Gasteiger partial charge on any atom is -0.444 e. The Bertz CT molecular complexity index is 422. The first kappa shape index (κ1) is 14.7. The lowest BCUT2D eigenvalue weighted by molar-refractivity contribution is -0.117. The second-order valence-corrected chi connectivity index (χ2v) is 6.23. The number of carbonyl (C=O) groups is 2. The lowest BCUT2D eigenvalue weighted by atomic mass is 10.0. The summed E-state index contributed by atoms with van der Waals surface area (Å²) in [5.74, 6) is 0. The number of thiophene rings is 1. The van der Waals surface area contributed by atoms with Crippen LogP contribution in [0.25, 0.3) is 0 Å². The first-order valence-corrected chi connectivity index (χ1v) is 6.56. The molecule has 1 rings (SSSR count). The van der Waals surface area contributed by atoms with Gasteiger partial charge >= 0.3 is 6.09 Å². The molecule has 0 aliphatic heterocycles. The zero-order valence-electron chi connectivity index (χ0n) is 11.4. The van der Waals surface area contributed by atoms with Crippen LogP contribution in [0.4, 0.5) is 4.79 Å². The molecule has 0 spiro atoms. The summed E-state index contributed by atoms with van der Waals surface area (Å²) in [4.78, 5) is 25.5. The van der Waals surface area contributed by atoms with Gasteiger partial charge in [0.2, 0.25) is 0 Å². The molecule has 1 aromatic heterocycles. The molecular formula is C13H19NO3S. The van der Waals surface area contributed by atoms with Crippen molar-refractivity contribution in [2.24, 2.45) is 0 Å². The molecule has 0 bridgehead atoms. The SMILES string of the molecule is CN(C(=O)OC(C)(C)C)C(C)(C=O)c1cccs1. The van der Waals surface area contributed by atoms with Gasteiger partial charge in [0, 0.05) is 11.9 Å². The maximum Gasteiger partial charge on any atom is 0.411 e. The molecule has 1 atom stereocenters. The minimum atomic E-state index is -0.990. The highest BCUT2D eigenvalue weighted by Crippen LogP contribution is 2.30. The van der Waals surface area contributed by atoms with Gasteiger partial charge in [-0.15, -0.1) is 11.3 Å². The highest BCUT2D eigenvalue weighted by atomic mass is 32.1. The molecule has 0 radical (unpaired) electrons. The average molecular weight is 269 g/mol. The Morgan fingerprint density at radius 3 is 2.39 bits per heavy atom. The number of likely N-dealkylation sites (N-methyl/N-ethyl adjacent to an activating group) is 1. The molecule has 5 heteroatoms. The summed E-state index contributed by atoms with van der Waals surface area (Å²) in [7, 11) is 1.57.